The fraction of sp³-hybridized carbons (Fsp3) is 0.200. The highest BCUT2D eigenvalue weighted by Gasteiger charge is 2.24. The number of nitrogens with two attached hydrogens (primary N) is 1. The van der Waals surface area contributed by atoms with Crippen LogP contribution < -0.4 is 10.5 Å². The van der Waals surface area contributed by atoms with Gasteiger partial charge < -0.3 is 15.9 Å². The lowest BCUT2D eigenvalue weighted by atomic mass is 9.93. The molecule has 0 saturated carbocycles. The number of nitrogens with zero attached hydrogens (tertiary/aromatic N) is 2. The smallest absolute Gasteiger partial charge is 0.127 e. The highest BCUT2D eigenvalue weighted by atomic mass is 32.2. The highest BCUT2D eigenvalue weighted by Crippen LogP contribution is 2.35. The summed E-state index contributed by atoms with van der Waals surface area (Å²) in [6.07, 6.45) is 3.50. The Balaban J connectivity index is 1.62. The largest absolute Gasteiger partial charge is 0.457 e. The van der Waals surface area contributed by atoms with Crippen molar-refractivity contribution in [2.45, 2.75) is 18.8 Å². The van der Waals surface area contributed by atoms with Crippen LogP contribution in [0.4, 0.5) is 5.69 Å². The van der Waals surface area contributed by atoms with Gasteiger partial charge in [0.2, 0.25) is 0 Å². The van der Waals surface area contributed by atoms with Crippen molar-refractivity contribution in [3.8, 4) is 22.8 Å². The van der Waals surface area contributed by atoms with E-state index in [1.165, 1.54) is 6.21 Å². The predicted molar refractivity (Wildman–Crippen MR) is 130 cm³/mol. The second kappa shape index (κ2) is 9.81. The van der Waals surface area contributed by atoms with Crippen molar-refractivity contribution >= 4 is 23.8 Å². The van der Waals surface area contributed by atoms with Gasteiger partial charge in [0.05, 0.1) is 11.4 Å². The van der Waals surface area contributed by atoms with E-state index in [2.05, 4.69) is 10.9 Å². The summed E-state index contributed by atoms with van der Waals surface area (Å²) in [6.45, 7) is 5.79. The molecule has 1 fully saturated rings. The first-order valence-corrected chi connectivity index (χ1v) is 11.2. The molecule has 1 unspecified atom stereocenters. The highest BCUT2D eigenvalue weighted by molar-refractivity contribution is 7.99. The van der Waals surface area contributed by atoms with Crippen LogP contribution in [0.15, 0.2) is 72.7 Å². The molecule has 1 aliphatic rings. The molecule has 3 aromatic rings. The maximum atomic E-state index is 7.84. The molecule has 158 valence electrons. The van der Waals surface area contributed by atoms with Crippen LogP contribution in [0.2, 0.25) is 0 Å². The van der Waals surface area contributed by atoms with Crippen LogP contribution in [0.5, 0.6) is 11.5 Å². The molecule has 1 atom stereocenters. The molecule has 0 spiro atoms. The SMILES string of the molecule is C=CSN1CCCC(c2cc(C=N)c(N)c(-c3ccc(Oc4ccccc4)cc3)n2)C1. The molecular weight excluding hydrogens is 404 g/mol. The van der Waals surface area contributed by atoms with Crippen molar-refractivity contribution in [2.75, 3.05) is 18.8 Å². The average Bonchev–Trinajstić information content (AvgIpc) is 2.81. The molecular formula is C25H26N4OS. The van der Waals surface area contributed by atoms with Crippen LogP contribution in [-0.4, -0.2) is 28.6 Å². The number of para-hydroxylation sites is 1. The second-order valence-corrected chi connectivity index (χ2v) is 8.54. The summed E-state index contributed by atoms with van der Waals surface area (Å²) in [6, 6.07) is 19.4. The molecule has 3 N–H and O–H groups in total. The summed E-state index contributed by atoms with van der Waals surface area (Å²) in [4.78, 5) is 4.95. The predicted octanol–water partition coefficient (Wildman–Crippen LogP) is 6.09. The summed E-state index contributed by atoms with van der Waals surface area (Å²) >= 11 is 1.65. The molecule has 2 aromatic carbocycles. The first-order chi connectivity index (χ1) is 15.2. The molecule has 0 amide bonds. The van der Waals surface area contributed by atoms with E-state index in [-0.39, 0.29) is 0 Å². The summed E-state index contributed by atoms with van der Waals surface area (Å²) in [5.74, 6) is 1.85. The van der Waals surface area contributed by atoms with Crippen LogP contribution in [0, 0.1) is 5.41 Å². The number of hydrogen-bond donors (Lipinski definition) is 2. The maximum absolute atomic E-state index is 7.84. The van der Waals surface area contributed by atoms with Crippen molar-refractivity contribution in [3.05, 3.63) is 83.9 Å². The summed E-state index contributed by atoms with van der Waals surface area (Å²) in [5.41, 5.74) is 10.2. The van der Waals surface area contributed by atoms with Gasteiger partial charge in [-0.2, -0.15) is 0 Å². The van der Waals surface area contributed by atoms with E-state index in [0.29, 0.717) is 17.2 Å². The number of anilines is 1. The number of nitrogen functional groups attached to an aromatic ring is 1. The first kappa shape index (κ1) is 21.2. The van der Waals surface area contributed by atoms with Crippen LogP contribution in [0.1, 0.15) is 30.0 Å². The zero-order valence-electron chi connectivity index (χ0n) is 17.3. The lowest BCUT2D eigenvalue weighted by Crippen LogP contribution is -2.29. The molecule has 0 aliphatic carbocycles. The van der Waals surface area contributed by atoms with E-state index in [0.717, 1.165) is 54.4 Å². The molecule has 1 aliphatic heterocycles. The molecule has 0 bridgehead atoms. The Morgan fingerprint density at radius 1 is 1.13 bits per heavy atom. The number of benzene rings is 2. The number of piperidine rings is 1. The Morgan fingerprint density at radius 2 is 1.87 bits per heavy atom. The van der Waals surface area contributed by atoms with E-state index >= 15 is 0 Å². The normalized spacial score (nSPS) is 16.6. The fourth-order valence-corrected chi connectivity index (χ4v) is 4.55. The van der Waals surface area contributed by atoms with E-state index in [1.54, 1.807) is 11.9 Å². The summed E-state index contributed by atoms with van der Waals surface area (Å²) in [7, 11) is 0. The number of aromatic nitrogens is 1. The second-order valence-electron chi connectivity index (χ2n) is 7.48. The Bertz CT molecular complexity index is 1050. The molecule has 5 nitrogen and oxygen atoms in total. The van der Waals surface area contributed by atoms with Gasteiger partial charge in [-0.1, -0.05) is 36.7 Å². The van der Waals surface area contributed by atoms with Crippen molar-refractivity contribution in [2.24, 2.45) is 0 Å². The maximum Gasteiger partial charge on any atom is 0.127 e. The fourth-order valence-electron chi connectivity index (χ4n) is 3.83. The number of pyridine rings is 1. The van der Waals surface area contributed by atoms with Crippen LogP contribution in [-0.2, 0) is 0 Å². The zero-order chi connectivity index (χ0) is 21.6. The van der Waals surface area contributed by atoms with Crippen LogP contribution in [0.3, 0.4) is 0 Å². The molecule has 6 heteroatoms. The van der Waals surface area contributed by atoms with Crippen molar-refractivity contribution in [3.63, 3.8) is 0 Å². The molecule has 1 saturated heterocycles. The van der Waals surface area contributed by atoms with Crippen LogP contribution in [0.25, 0.3) is 11.3 Å². The van der Waals surface area contributed by atoms with Gasteiger partial charge in [-0.25, -0.2) is 4.31 Å². The third-order valence-electron chi connectivity index (χ3n) is 5.40. The third kappa shape index (κ3) is 4.98. The van der Waals surface area contributed by atoms with E-state index < -0.39 is 0 Å². The first-order valence-electron chi connectivity index (χ1n) is 10.3. The van der Waals surface area contributed by atoms with Gasteiger partial charge in [-0.05, 0) is 60.7 Å². The number of nitrogens with one attached hydrogen (secondary N) is 1. The van der Waals surface area contributed by atoms with Crippen molar-refractivity contribution in [1.29, 1.82) is 5.41 Å². The number of ether oxygens (including phenoxy) is 1. The van der Waals surface area contributed by atoms with Gasteiger partial charge in [0, 0.05) is 42.0 Å². The van der Waals surface area contributed by atoms with Gasteiger partial charge in [-0.3, -0.25) is 4.98 Å². The Morgan fingerprint density at radius 3 is 2.58 bits per heavy atom. The van der Waals surface area contributed by atoms with Crippen LogP contribution >= 0.6 is 11.9 Å². The molecule has 31 heavy (non-hydrogen) atoms. The Labute approximate surface area is 187 Å². The minimum atomic E-state index is 0.305. The van der Waals surface area contributed by atoms with E-state index in [9.17, 15) is 0 Å². The zero-order valence-corrected chi connectivity index (χ0v) is 18.1. The van der Waals surface area contributed by atoms with E-state index in [4.69, 9.17) is 20.9 Å². The third-order valence-corrected chi connectivity index (χ3v) is 6.18. The lowest BCUT2D eigenvalue weighted by Gasteiger charge is -2.31. The Kier molecular flexibility index (Phi) is 6.70. The molecule has 4 rings (SSSR count). The molecule has 0 radical (unpaired) electrons. The standard InChI is InChI=1S/C25H26N4OS/c1-2-31-29-14-6-7-19(17-29)23-15-20(16-26)24(27)25(28-23)18-10-12-22(13-11-18)30-21-8-4-3-5-9-21/h2-5,8-13,15-16,19,26H,1,6-7,14,17,27H2. The van der Waals surface area contributed by atoms with Gasteiger partial charge in [-0.15, -0.1) is 0 Å². The average molecular weight is 431 g/mol. The minimum Gasteiger partial charge on any atom is -0.457 e. The van der Waals surface area contributed by atoms with E-state index in [1.807, 2.05) is 66.1 Å². The van der Waals surface area contributed by atoms with Gasteiger partial charge >= 0.3 is 0 Å². The number of rotatable bonds is 7. The van der Waals surface area contributed by atoms with Crippen molar-refractivity contribution in [1.82, 2.24) is 9.29 Å². The summed E-state index contributed by atoms with van der Waals surface area (Å²) in [5, 5.41) is 9.71. The van der Waals surface area contributed by atoms with Gasteiger partial charge in [0.1, 0.15) is 11.5 Å². The number of hydrogen-bond acceptors (Lipinski definition) is 6. The molecule has 1 aromatic heterocycles. The van der Waals surface area contributed by atoms with Crippen molar-refractivity contribution < 1.29 is 4.74 Å². The topological polar surface area (TPSA) is 75.2 Å². The Hall–Kier alpha value is -3.09. The molecule has 2 heterocycles. The summed E-state index contributed by atoms with van der Waals surface area (Å²) < 4.78 is 8.21. The lowest BCUT2D eigenvalue weighted by molar-refractivity contribution is 0.340. The van der Waals surface area contributed by atoms with Gasteiger partial charge in [0.25, 0.3) is 0 Å². The monoisotopic (exact) mass is 430 g/mol. The minimum absolute atomic E-state index is 0.305. The quantitative estimate of drug-likeness (QED) is 0.350. The van der Waals surface area contributed by atoms with Gasteiger partial charge in [0.15, 0.2) is 0 Å².